The monoisotopic (exact) mass is 412 g/mol. The molecule has 2 aromatic rings. The molecule has 1 heterocycles. The summed E-state index contributed by atoms with van der Waals surface area (Å²) in [5, 5.41) is 2.92. The largest absolute Gasteiger partial charge is 0.497 e. The van der Waals surface area contributed by atoms with Gasteiger partial charge >= 0.3 is 0 Å². The number of nitrogens with one attached hydrogen (secondary N) is 1. The van der Waals surface area contributed by atoms with Crippen molar-refractivity contribution in [3.05, 3.63) is 59.7 Å². The molecule has 2 aromatic carbocycles. The van der Waals surface area contributed by atoms with Crippen molar-refractivity contribution in [2.24, 2.45) is 5.92 Å². The summed E-state index contributed by atoms with van der Waals surface area (Å²) in [5.41, 5.74) is 1.55. The van der Waals surface area contributed by atoms with Gasteiger partial charge in [-0.05, 0) is 42.0 Å². The zero-order chi connectivity index (χ0) is 21.5. The minimum absolute atomic E-state index is 0.0788. The van der Waals surface area contributed by atoms with E-state index in [9.17, 15) is 9.59 Å². The lowest BCUT2D eigenvalue weighted by Crippen LogP contribution is -2.37. The van der Waals surface area contributed by atoms with Crippen LogP contribution >= 0.6 is 0 Å². The molecular weight excluding hydrogens is 384 g/mol. The van der Waals surface area contributed by atoms with E-state index in [2.05, 4.69) is 5.32 Å². The van der Waals surface area contributed by atoms with E-state index in [0.717, 1.165) is 11.3 Å². The second kappa shape index (κ2) is 10.1. The lowest BCUT2D eigenvalue weighted by molar-refractivity contribution is -0.125. The van der Waals surface area contributed by atoms with Gasteiger partial charge in [-0.25, -0.2) is 0 Å². The predicted molar refractivity (Wildman–Crippen MR) is 113 cm³/mol. The van der Waals surface area contributed by atoms with Crippen molar-refractivity contribution < 1.29 is 23.8 Å². The van der Waals surface area contributed by atoms with Gasteiger partial charge in [0.15, 0.2) is 0 Å². The average molecular weight is 412 g/mol. The number of carbonyl (C=O) groups excluding carboxylic acids is 2. The number of carbonyl (C=O) groups is 2. The van der Waals surface area contributed by atoms with E-state index in [1.54, 1.807) is 50.5 Å². The summed E-state index contributed by atoms with van der Waals surface area (Å²) in [7, 11) is 4.79. The molecule has 0 saturated carbocycles. The highest BCUT2D eigenvalue weighted by Crippen LogP contribution is 2.35. The molecule has 2 amide bonds. The molecule has 0 bridgehead atoms. The molecule has 0 aromatic heterocycles. The Bertz CT molecular complexity index is 868. The van der Waals surface area contributed by atoms with Crippen molar-refractivity contribution >= 4 is 11.8 Å². The summed E-state index contributed by atoms with van der Waals surface area (Å²) in [6.45, 7) is 1.69. The Morgan fingerprint density at radius 3 is 2.40 bits per heavy atom. The van der Waals surface area contributed by atoms with Crippen LogP contribution in [0.4, 0.5) is 0 Å². The predicted octanol–water partition coefficient (Wildman–Crippen LogP) is 2.32. The first kappa shape index (κ1) is 21.6. The fraction of sp³-hybridized carbons (Fsp3) is 0.391. The van der Waals surface area contributed by atoms with Gasteiger partial charge in [0.05, 0.1) is 26.7 Å². The molecule has 0 spiro atoms. The Hall–Kier alpha value is -3.06. The van der Waals surface area contributed by atoms with E-state index in [1.165, 1.54) is 0 Å². The maximum absolute atomic E-state index is 13.1. The highest BCUT2D eigenvalue weighted by molar-refractivity contribution is 5.95. The first-order valence-corrected chi connectivity index (χ1v) is 9.91. The van der Waals surface area contributed by atoms with Crippen LogP contribution < -0.4 is 14.8 Å². The van der Waals surface area contributed by atoms with Gasteiger partial charge in [0.25, 0.3) is 5.91 Å². The molecular formula is C23H28N2O5. The molecule has 0 aliphatic carbocycles. The van der Waals surface area contributed by atoms with Crippen LogP contribution in [0.1, 0.15) is 21.8 Å². The van der Waals surface area contributed by atoms with Gasteiger partial charge in [-0.2, -0.15) is 0 Å². The van der Waals surface area contributed by atoms with Crippen LogP contribution in [-0.4, -0.2) is 64.3 Å². The van der Waals surface area contributed by atoms with Crippen LogP contribution in [0.15, 0.2) is 48.5 Å². The van der Waals surface area contributed by atoms with Crippen LogP contribution in [0.25, 0.3) is 0 Å². The second-order valence-electron chi connectivity index (χ2n) is 7.21. The zero-order valence-corrected chi connectivity index (χ0v) is 17.6. The molecule has 3 rings (SSSR count). The van der Waals surface area contributed by atoms with Crippen molar-refractivity contribution in [2.75, 3.05) is 47.6 Å². The summed E-state index contributed by atoms with van der Waals surface area (Å²) in [4.78, 5) is 27.7. The van der Waals surface area contributed by atoms with Gasteiger partial charge in [0, 0.05) is 38.2 Å². The molecule has 7 nitrogen and oxygen atoms in total. The molecule has 1 aliphatic heterocycles. The van der Waals surface area contributed by atoms with Crippen LogP contribution in [0.5, 0.6) is 11.5 Å². The fourth-order valence-electron chi connectivity index (χ4n) is 3.77. The molecule has 1 N–H and O–H groups in total. The quantitative estimate of drug-likeness (QED) is 0.674. The van der Waals surface area contributed by atoms with E-state index in [4.69, 9.17) is 14.2 Å². The van der Waals surface area contributed by atoms with E-state index >= 15 is 0 Å². The minimum atomic E-state index is -0.351. The number of benzene rings is 2. The van der Waals surface area contributed by atoms with E-state index in [-0.39, 0.29) is 23.7 Å². The number of hydrogen-bond acceptors (Lipinski definition) is 5. The molecule has 1 fully saturated rings. The van der Waals surface area contributed by atoms with Crippen molar-refractivity contribution in [3.8, 4) is 11.5 Å². The normalized spacial score (nSPS) is 18.2. The van der Waals surface area contributed by atoms with Gasteiger partial charge in [0.2, 0.25) is 5.91 Å². The Morgan fingerprint density at radius 1 is 1.00 bits per heavy atom. The standard InChI is InChI=1S/C23H28N2O5/c1-28-12-11-24-22(26)21-15-25(23(27)16-7-9-18(29-2)10-8-16)14-20(21)17-5-4-6-19(13-17)30-3/h4-10,13,20-21H,11-12,14-15H2,1-3H3,(H,24,26)/t20-,21+/m0/s1. The summed E-state index contributed by atoms with van der Waals surface area (Å²) in [6, 6.07) is 14.7. The number of amides is 2. The number of ether oxygens (including phenoxy) is 3. The summed E-state index contributed by atoms with van der Waals surface area (Å²) in [6.07, 6.45) is 0. The molecule has 0 radical (unpaired) electrons. The second-order valence-corrected chi connectivity index (χ2v) is 7.21. The Labute approximate surface area is 176 Å². The van der Waals surface area contributed by atoms with Crippen molar-refractivity contribution in [3.63, 3.8) is 0 Å². The van der Waals surface area contributed by atoms with Crippen molar-refractivity contribution in [1.82, 2.24) is 10.2 Å². The van der Waals surface area contributed by atoms with Crippen LogP contribution in [-0.2, 0) is 9.53 Å². The highest BCUT2D eigenvalue weighted by Gasteiger charge is 2.40. The third-order valence-electron chi connectivity index (χ3n) is 5.41. The summed E-state index contributed by atoms with van der Waals surface area (Å²) in [5.74, 6) is 0.771. The molecule has 0 unspecified atom stereocenters. The topological polar surface area (TPSA) is 77.1 Å². The fourth-order valence-corrected chi connectivity index (χ4v) is 3.77. The van der Waals surface area contributed by atoms with E-state index in [1.807, 2.05) is 24.3 Å². The average Bonchev–Trinajstić information content (AvgIpc) is 3.24. The van der Waals surface area contributed by atoms with Crippen LogP contribution in [0.3, 0.4) is 0 Å². The maximum Gasteiger partial charge on any atom is 0.253 e. The number of hydrogen-bond donors (Lipinski definition) is 1. The van der Waals surface area contributed by atoms with Crippen molar-refractivity contribution in [1.29, 1.82) is 0 Å². The molecule has 30 heavy (non-hydrogen) atoms. The van der Waals surface area contributed by atoms with Gasteiger partial charge in [-0.1, -0.05) is 12.1 Å². The van der Waals surface area contributed by atoms with E-state index < -0.39 is 0 Å². The third kappa shape index (κ3) is 4.91. The molecule has 7 heteroatoms. The van der Waals surface area contributed by atoms with Crippen LogP contribution in [0, 0.1) is 5.92 Å². The number of rotatable bonds is 8. The molecule has 160 valence electrons. The van der Waals surface area contributed by atoms with Crippen LogP contribution in [0.2, 0.25) is 0 Å². The molecule has 2 atom stereocenters. The molecule has 1 saturated heterocycles. The minimum Gasteiger partial charge on any atom is -0.497 e. The smallest absolute Gasteiger partial charge is 0.253 e. The SMILES string of the molecule is COCCNC(=O)[C@@H]1CN(C(=O)c2ccc(OC)cc2)C[C@H]1c1cccc(OC)c1. The number of methoxy groups -OCH3 is 3. The lowest BCUT2D eigenvalue weighted by Gasteiger charge is -2.18. The lowest BCUT2D eigenvalue weighted by atomic mass is 9.88. The Balaban J connectivity index is 1.82. The molecule has 1 aliphatic rings. The van der Waals surface area contributed by atoms with Gasteiger partial charge in [-0.3, -0.25) is 9.59 Å². The first-order valence-electron chi connectivity index (χ1n) is 9.91. The van der Waals surface area contributed by atoms with Crippen molar-refractivity contribution in [2.45, 2.75) is 5.92 Å². The number of likely N-dealkylation sites (tertiary alicyclic amines) is 1. The first-order chi connectivity index (χ1) is 14.6. The van der Waals surface area contributed by atoms with E-state index in [0.29, 0.717) is 37.6 Å². The van der Waals surface area contributed by atoms with Gasteiger partial charge in [-0.15, -0.1) is 0 Å². The summed E-state index contributed by atoms with van der Waals surface area (Å²) < 4.78 is 15.5. The summed E-state index contributed by atoms with van der Waals surface area (Å²) >= 11 is 0. The maximum atomic E-state index is 13.1. The third-order valence-corrected chi connectivity index (χ3v) is 5.41. The number of nitrogens with zero attached hydrogens (tertiary/aromatic N) is 1. The Kier molecular flexibility index (Phi) is 7.30. The highest BCUT2D eigenvalue weighted by atomic mass is 16.5. The van der Waals surface area contributed by atoms with Gasteiger partial charge < -0.3 is 24.4 Å². The Morgan fingerprint density at radius 2 is 1.73 bits per heavy atom. The zero-order valence-electron chi connectivity index (χ0n) is 17.6. The van der Waals surface area contributed by atoms with Gasteiger partial charge in [0.1, 0.15) is 11.5 Å².